The van der Waals surface area contributed by atoms with E-state index in [-0.39, 0.29) is 0 Å². The van der Waals surface area contributed by atoms with E-state index in [0.717, 1.165) is 36.0 Å². The Morgan fingerprint density at radius 1 is 1.18 bits per heavy atom. The minimum absolute atomic E-state index is 0.342. The molecule has 1 aromatic rings. The Kier molecular flexibility index (Phi) is 5.19. The molecule has 4 nitrogen and oxygen atoms in total. The SMILES string of the molecule is CCCCNc1nc(C(C)C)nc(NC)c1C. The summed E-state index contributed by atoms with van der Waals surface area (Å²) in [5.41, 5.74) is 1.09. The second-order valence-electron chi connectivity index (χ2n) is 4.59. The van der Waals surface area contributed by atoms with E-state index in [1.165, 1.54) is 6.42 Å². The number of hydrogen-bond acceptors (Lipinski definition) is 4. The standard InChI is InChI=1S/C13H24N4/c1-6-7-8-15-13-10(4)12(14-5)16-11(17-13)9(2)3/h9H,6-8H2,1-5H3,(H2,14,15,16,17). The van der Waals surface area contributed by atoms with Gasteiger partial charge in [-0.1, -0.05) is 27.2 Å². The van der Waals surface area contributed by atoms with E-state index in [1.807, 2.05) is 14.0 Å². The lowest BCUT2D eigenvalue weighted by molar-refractivity contribution is 0.768. The van der Waals surface area contributed by atoms with Gasteiger partial charge in [-0.05, 0) is 13.3 Å². The highest BCUT2D eigenvalue weighted by atomic mass is 15.1. The van der Waals surface area contributed by atoms with Crippen LogP contribution in [-0.2, 0) is 0 Å². The molecular weight excluding hydrogens is 212 g/mol. The summed E-state index contributed by atoms with van der Waals surface area (Å²) >= 11 is 0. The number of anilines is 2. The van der Waals surface area contributed by atoms with E-state index in [9.17, 15) is 0 Å². The first-order valence-corrected chi connectivity index (χ1v) is 6.40. The molecule has 0 aliphatic carbocycles. The summed E-state index contributed by atoms with van der Waals surface area (Å²) in [6.45, 7) is 9.42. The number of rotatable bonds is 6. The van der Waals surface area contributed by atoms with Crippen LogP contribution in [0.5, 0.6) is 0 Å². The summed E-state index contributed by atoms with van der Waals surface area (Å²) in [7, 11) is 1.90. The normalized spacial score (nSPS) is 10.7. The fourth-order valence-corrected chi connectivity index (χ4v) is 1.59. The summed E-state index contributed by atoms with van der Waals surface area (Å²) in [6, 6.07) is 0. The van der Waals surface area contributed by atoms with Crippen molar-refractivity contribution in [2.75, 3.05) is 24.2 Å². The summed E-state index contributed by atoms with van der Waals surface area (Å²) in [4.78, 5) is 9.11. The molecule has 4 heteroatoms. The molecule has 0 spiro atoms. The largest absolute Gasteiger partial charge is 0.373 e. The van der Waals surface area contributed by atoms with Gasteiger partial charge in [0.25, 0.3) is 0 Å². The lowest BCUT2D eigenvalue weighted by atomic mass is 10.2. The maximum Gasteiger partial charge on any atom is 0.135 e. The highest BCUT2D eigenvalue weighted by Gasteiger charge is 2.11. The van der Waals surface area contributed by atoms with Gasteiger partial charge in [-0.2, -0.15) is 0 Å². The van der Waals surface area contributed by atoms with Gasteiger partial charge >= 0.3 is 0 Å². The molecule has 17 heavy (non-hydrogen) atoms. The predicted molar refractivity (Wildman–Crippen MR) is 73.8 cm³/mol. The van der Waals surface area contributed by atoms with Crippen LogP contribution in [0.1, 0.15) is 50.9 Å². The zero-order valence-corrected chi connectivity index (χ0v) is 11.6. The predicted octanol–water partition coefficient (Wildman–Crippen LogP) is 3.16. The van der Waals surface area contributed by atoms with Crippen molar-refractivity contribution in [1.82, 2.24) is 9.97 Å². The maximum absolute atomic E-state index is 4.59. The van der Waals surface area contributed by atoms with E-state index in [4.69, 9.17) is 0 Å². The van der Waals surface area contributed by atoms with Crippen molar-refractivity contribution in [3.05, 3.63) is 11.4 Å². The average molecular weight is 236 g/mol. The molecule has 0 aliphatic heterocycles. The third-order valence-electron chi connectivity index (χ3n) is 2.74. The molecule has 0 aliphatic rings. The van der Waals surface area contributed by atoms with Gasteiger partial charge in [0.2, 0.25) is 0 Å². The monoisotopic (exact) mass is 236 g/mol. The van der Waals surface area contributed by atoms with Crippen molar-refractivity contribution in [3.8, 4) is 0 Å². The number of nitrogens with one attached hydrogen (secondary N) is 2. The van der Waals surface area contributed by atoms with Crippen LogP contribution < -0.4 is 10.6 Å². The fraction of sp³-hybridized carbons (Fsp3) is 0.692. The van der Waals surface area contributed by atoms with Crippen LogP contribution in [0.4, 0.5) is 11.6 Å². The van der Waals surface area contributed by atoms with Gasteiger partial charge in [-0.15, -0.1) is 0 Å². The van der Waals surface area contributed by atoms with Crippen molar-refractivity contribution in [2.45, 2.75) is 46.5 Å². The van der Waals surface area contributed by atoms with Crippen molar-refractivity contribution in [2.24, 2.45) is 0 Å². The van der Waals surface area contributed by atoms with Crippen molar-refractivity contribution >= 4 is 11.6 Å². The van der Waals surface area contributed by atoms with Crippen LogP contribution in [0.25, 0.3) is 0 Å². The molecule has 0 atom stereocenters. The highest BCUT2D eigenvalue weighted by molar-refractivity contribution is 5.57. The number of unbranched alkanes of at least 4 members (excludes halogenated alkanes) is 1. The Labute approximate surface area is 104 Å². The lowest BCUT2D eigenvalue weighted by Gasteiger charge is -2.14. The molecule has 0 bridgehead atoms. The number of aromatic nitrogens is 2. The summed E-state index contributed by atoms with van der Waals surface area (Å²) in [5, 5.41) is 6.52. The molecule has 0 aromatic carbocycles. The molecule has 1 heterocycles. The van der Waals surface area contributed by atoms with Crippen LogP contribution in [0.2, 0.25) is 0 Å². The van der Waals surface area contributed by atoms with Gasteiger partial charge in [0.1, 0.15) is 17.5 Å². The molecule has 0 radical (unpaired) electrons. The molecule has 2 N–H and O–H groups in total. The van der Waals surface area contributed by atoms with Gasteiger partial charge < -0.3 is 10.6 Å². The number of hydrogen-bond donors (Lipinski definition) is 2. The first kappa shape index (κ1) is 13.7. The molecule has 0 amide bonds. The molecule has 1 rings (SSSR count). The molecule has 96 valence electrons. The quantitative estimate of drug-likeness (QED) is 0.745. The maximum atomic E-state index is 4.59. The van der Waals surface area contributed by atoms with Crippen LogP contribution in [-0.4, -0.2) is 23.6 Å². The molecule has 0 unspecified atom stereocenters. The lowest BCUT2D eigenvalue weighted by Crippen LogP contribution is -2.11. The smallest absolute Gasteiger partial charge is 0.135 e. The Morgan fingerprint density at radius 3 is 2.35 bits per heavy atom. The zero-order chi connectivity index (χ0) is 12.8. The first-order valence-electron chi connectivity index (χ1n) is 6.40. The highest BCUT2D eigenvalue weighted by Crippen LogP contribution is 2.22. The summed E-state index contributed by atoms with van der Waals surface area (Å²) in [6.07, 6.45) is 2.35. The molecule has 1 aromatic heterocycles. The van der Waals surface area contributed by atoms with Gasteiger partial charge in [0, 0.05) is 25.1 Å². The second kappa shape index (κ2) is 6.42. The number of nitrogens with zero attached hydrogens (tertiary/aromatic N) is 2. The Bertz CT molecular complexity index is 361. The minimum atomic E-state index is 0.342. The van der Waals surface area contributed by atoms with E-state index in [2.05, 4.69) is 41.4 Å². The molecular formula is C13H24N4. The summed E-state index contributed by atoms with van der Waals surface area (Å²) < 4.78 is 0. The van der Waals surface area contributed by atoms with E-state index < -0.39 is 0 Å². The average Bonchev–Trinajstić information content (AvgIpc) is 2.31. The Balaban J connectivity index is 2.96. The third kappa shape index (κ3) is 3.58. The second-order valence-corrected chi connectivity index (χ2v) is 4.59. The van der Waals surface area contributed by atoms with Crippen LogP contribution >= 0.6 is 0 Å². The van der Waals surface area contributed by atoms with Crippen molar-refractivity contribution < 1.29 is 0 Å². The third-order valence-corrected chi connectivity index (χ3v) is 2.74. The van der Waals surface area contributed by atoms with Gasteiger partial charge in [0.05, 0.1) is 0 Å². The van der Waals surface area contributed by atoms with Crippen molar-refractivity contribution in [3.63, 3.8) is 0 Å². The molecule has 0 saturated heterocycles. The first-order chi connectivity index (χ1) is 8.10. The van der Waals surface area contributed by atoms with Crippen LogP contribution in [0, 0.1) is 6.92 Å². The van der Waals surface area contributed by atoms with Gasteiger partial charge in [-0.3, -0.25) is 0 Å². The molecule has 0 saturated carbocycles. The fourth-order valence-electron chi connectivity index (χ4n) is 1.59. The Hall–Kier alpha value is -1.32. The van der Waals surface area contributed by atoms with E-state index >= 15 is 0 Å². The molecule has 0 fully saturated rings. The van der Waals surface area contributed by atoms with Crippen LogP contribution in [0.15, 0.2) is 0 Å². The zero-order valence-electron chi connectivity index (χ0n) is 11.6. The topological polar surface area (TPSA) is 49.8 Å². The van der Waals surface area contributed by atoms with Gasteiger partial charge in [0.15, 0.2) is 0 Å². The van der Waals surface area contributed by atoms with E-state index in [0.29, 0.717) is 5.92 Å². The van der Waals surface area contributed by atoms with Crippen molar-refractivity contribution in [1.29, 1.82) is 0 Å². The van der Waals surface area contributed by atoms with Crippen LogP contribution in [0.3, 0.4) is 0 Å². The Morgan fingerprint density at radius 2 is 1.82 bits per heavy atom. The summed E-state index contributed by atoms with van der Waals surface area (Å²) in [5.74, 6) is 3.11. The minimum Gasteiger partial charge on any atom is -0.373 e. The van der Waals surface area contributed by atoms with Gasteiger partial charge in [-0.25, -0.2) is 9.97 Å². The van der Waals surface area contributed by atoms with E-state index in [1.54, 1.807) is 0 Å².